The highest BCUT2D eigenvalue weighted by molar-refractivity contribution is 5.36. The smallest absolute Gasteiger partial charge is 0.0592 e. The van der Waals surface area contributed by atoms with Crippen LogP contribution in [0.15, 0.2) is 42.7 Å². The molecule has 1 atom stereocenters. The molecule has 100 valence electrons. The van der Waals surface area contributed by atoms with Crippen molar-refractivity contribution in [3.05, 3.63) is 65.0 Å². The van der Waals surface area contributed by atoms with Gasteiger partial charge in [-0.1, -0.05) is 42.3 Å². The summed E-state index contributed by atoms with van der Waals surface area (Å²) in [4.78, 5) is 4.24. The van der Waals surface area contributed by atoms with Crippen molar-refractivity contribution in [2.24, 2.45) is 0 Å². The standard InChI is InChI=1S/C17H22N2/c1-4-7-19-17(15-6-5-8-18-12-15)16-10-13(2)9-14(3)11-16/h5-6,8-12,17,19H,4,7H2,1-3H3. The van der Waals surface area contributed by atoms with Gasteiger partial charge in [-0.25, -0.2) is 0 Å². The highest BCUT2D eigenvalue weighted by atomic mass is 14.9. The highest BCUT2D eigenvalue weighted by Crippen LogP contribution is 2.23. The summed E-state index contributed by atoms with van der Waals surface area (Å²) in [6.45, 7) is 7.49. The molecule has 0 aliphatic rings. The zero-order chi connectivity index (χ0) is 13.7. The number of pyridine rings is 1. The van der Waals surface area contributed by atoms with E-state index >= 15 is 0 Å². The Labute approximate surface area is 115 Å². The van der Waals surface area contributed by atoms with Crippen molar-refractivity contribution < 1.29 is 0 Å². The van der Waals surface area contributed by atoms with E-state index in [0.717, 1.165) is 13.0 Å². The predicted molar refractivity (Wildman–Crippen MR) is 80.3 cm³/mol. The summed E-state index contributed by atoms with van der Waals surface area (Å²) in [5.41, 5.74) is 5.16. The number of rotatable bonds is 5. The molecule has 1 aromatic heterocycles. The van der Waals surface area contributed by atoms with Gasteiger partial charge in [-0.3, -0.25) is 4.98 Å². The van der Waals surface area contributed by atoms with Gasteiger partial charge in [0, 0.05) is 12.4 Å². The average molecular weight is 254 g/mol. The first-order valence-corrected chi connectivity index (χ1v) is 6.92. The van der Waals surface area contributed by atoms with Crippen molar-refractivity contribution in [2.75, 3.05) is 6.54 Å². The van der Waals surface area contributed by atoms with Crippen LogP contribution in [0.5, 0.6) is 0 Å². The first-order valence-electron chi connectivity index (χ1n) is 6.92. The van der Waals surface area contributed by atoms with E-state index < -0.39 is 0 Å². The molecule has 2 nitrogen and oxygen atoms in total. The Balaban J connectivity index is 2.36. The molecule has 1 unspecified atom stereocenters. The Morgan fingerprint density at radius 1 is 1.11 bits per heavy atom. The lowest BCUT2D eigenvalue weighted by atomic mass is 9.96. The molecule has 0 saturated heterocycles. The quantitative estimate of drug-likeness (QED) is 0.878. The molecule has 2 heteroatoms. The summed E-state index contributed by atoms with van der Waals surface area (Å²) in [6.07, 6.45) is 4.90. The summed E-state index contributed by atoms with van der Waals surface area (Å²) in [5, 5.41) is 3.62. The zero-order valence-electron chi connectivity index (χ0n) is 12.0. The number of hydrogen-bond acceptors (Lipinski definition) is 2. The van der Waals surface area contributed by atoms with Crippen LogP contribution in [0.4, 0.5) is 0 Å². The molecular weight excluding hydrogens is 232 g/mol. The molecule has 1 N–H and O–H groups in total. The number of aromatic nitrogens is 1. The minimum Gasteiger partial charge on any atom is -0.306 e. The summed E-state index contributed by atoms with van der Waals surface area (Å²) >= 11 is 0. The molecular formula is C17H22N2. The van der Waals surface area contributed by atoms with Crippen LogP contribution in [0.2, 0.25) is 0 Å². The Hall–Kier alpha value is -1.67. The molecule has 0 amide bonds. The van der Waals surface area contributed by atoms with E-state index in [2.05, 4.69) is 55.3 Å². The van der Waals surface area contributed by atoms with E-state index in [0.29, 0.717) is 0 Å². The average Bonchev–Trinajstić information content (AvgIpc) is 2.39. The fourth-order valence-electron chi connectivity index (χ4n) is 2.44. The topological polar surface area (TPSA) is 24.9 Å². The molecule has 1 heterocycles. The SMILES string of the molecule is CCCNC(c1cccnc1)c1cc(C)cc(C)c1. The van der Waals surface area contributed by atoms with E-state index in [4.69, 9.17) is 0 Å². The van der Waals surface area contributed by atoms with Crippen LogP contribution in [-0.2, 0) is 0 Å². The van der Waals surface area contributed by atoms with Gasteiger partial charge in [0.1, 0.15) is 0 Å². The predicted octanol–water partition coefficient (Wildman–Crippen LogP) is 3.79. The molecule has 0 aliphatic carbocycles. The van der Waals surface area contributed by atoms with E-state index in [1.807, 2.05) is 18.5 Å². The van der Waals surface area contributed by atoms with Gasteiger partial charge in [0.25, 0.3) is 0 Å². The van der Waals surface area contributed by atoms with Crippen molar-refractivity contribution in [1.29, 1.82) is 0 Å². The van der Waals surface area contributed by atoms with Gasteiger partial charge >= 0.3 is 0 Å². The molecule has 1 aromatic carbocycles. The van der Waals surface area contributed by atoms with E-state index in [9.17, 15) is 0 Å². The normalized spacial score (nSPS) is 12.4. The number of benzene rings is 1. The van der Waals surface area contributed by atoms with Crippen LogP contribution in [0.1, 0.15) is 41.6 Å². The molecule has 0 spiro atoms. The van der Waals surface area contributed by atoms with Crippen LogP contribution in [0, 0.1) is 13.8 Å². The third-order valence-electron chi connectivity index (χ3n) is 3.19. The van der Waals surface area contributed by atoms with Crippen LogP contribution in [0.3, 0.4) is 0 Å². The minimum absolute atomic E-state index is 0.229. The molecule has 0 bridgehead atoms. The van der Waals surface area contributed by atoms with Gasteiger partial charge in [0.05, 0.1) is 6.04 Å². The summed E-state index contributed by atoms with van der Waals surface area (Å²) in [5.74, 6) is 0. The van der Waals surface area contributed by atoms with Gasteiger partial charge in [-0.2, -0.15) is 0 Å². The molecule has 2 aromatic rings. The molecule has 0 radical (unpaired) electrons. The number of aryl methyl sites for hydroxylation is 2. The van der Waals surface area contributed by atoms with Crippen molar-refractivity contribution in [3.63, 3.8) is 0 Å². The first kappa shape index (κ1) is 13.8. The summed E-state index contributed by atoms with van der Waals surface area (Å²) in [7, 11) is 0. The Kier molecular flexibility index (Phi) is 4.69. The summed E-state index contributed by atoms with van der Waals surface area (Å²) < 4.78 is 0. The maximum atomic E-state index is 4.24. The van der Waals surface area contributed by atoms with Gasteiger partial charge in [-0.15, -0.1) is 0 Å². The Morgan fingerprint density at radius 3 is 2.42 bits per heavy atom. The van der Waals surface area contributed by atoms with E-state index in [1.165, 1.54) is 22.3 Å². The van der Waals surface area contributed by atoms with Crippen molar-refractivity contribution >= 4 is 0 Å². The van der Waals surface area contributed by atoms with Crippen LogP contribution in [-0.4, -0.2) is 11.5 Å². The summed E-state index contributed by atoms with van der Waals surface area (Å²) in [6, 6.07) is 11.1. The van der Waals surface area contributed by atoms with E-state index in [1.54, 1.807) is 0 Å². The second-order valence-electron chi connectivity index (χ2n) is 5.09. The van der Waals surface area contributed by atoms with Crippen molar-refractivity contribution in [2.45, 2.75) is 33.2 Å². The Morgan fingerprint density at radius 2 is 1.84 bits per heavy atom. The molecule has 0 saturated carbocycles. The fourth-order valence-corrected chi connectivity index (χ4v) is 2.44. The largest absolute Gasteiger partial charge is 0.306 e. The monoisotopic (exact) mass is 254 g/mol. The number of hydrogen-bond donors (Lipinski definition) is 1. The number of nitrogens with one attached hydrogen (secondary N) is 1. The second kappa shape index (κ2) is 6.48. The fraction of sp³-hybridized carbons (Fsp3) is 0.353. The van der Waals surface area contributed by atoms with Crippen molar-refractivity contribution in [3.8, 4) is 0 Å². The maximum Gasteiger partial charge on any atom is 0.0592 e. The van der Waals surface area contributed by atoms with Crippen LogP contribution in [0.25, 0.3) is 0 Å². The lowest BCUT2D eigenvalue weighted by Crippen LogP contribution is -2.23. The van der Waals surface area contributed by atoms with Gasteiger partial charge < -0.3 is 5.32 Å². The lowest BCUT2D eigenvalue weighted by Gasteiger charge is -2.20. The molecule has 0 aliphatic heterocycles. The van der Waals surface area contributed by atoms with Crippen LogP contribution < -0.4 is 5.32 Å². The third-order valence-corrected chi connectivity index (χ3v) is 3.19. The van der Waals surface area contributed by atoms with Crippen LogP contribution >= 0.6 is 0 Å². The van der Waals surface area contributed by atoms with Gasteiger partial charge in [0.15, 0.2) is 0 Å². The minimum atomic E-state index is 0.229. The molecule has 0 fully saturated rings. The lowest BCUT2D eigenvalue weighted by molar-refractivity contribution is 0.596. The number of nitrogens with zero attached hydrogens (tertiary/aromatic N) is 1. The van der Waals surface area contributed by atoms with Gasteiger partial charge in [0.2, 0.25) is 0 Å². The zero-order valence-corrected chi connectivity index (χ0v) is 12.0. The molecule has 2 rings (SSSR count). The first-order chi connectivity index (χ1) is 9.20. The molecule has 19 heavy (non-hydrogen) atoms. The van der Waals surface area contributed by atoms with E-state index in [-0.39, 0.29) is 6.04 Å². The maximum absolute atomic E-state index is 4.24. The highest BCUT2D eigenvalue weighted by Gasteiger charge is 2.13. The second-order valence-corrected chi connectivity index (χ2v) is 5.09. The Bertz CT molecular complexity index is 500. The van der Waals surface area contributed by atoms with Crippen molar-refractivity contribution in [1.82, 2.24) is 10.3 Å². The van der Waals surface area contributed by atoms with Gasteiger partial charge in [-0.05, 0) is 44.0 Å². The third kappa shape index (κ3) is 3.65.